The molecule has 0 spiro atoms. The summed E-state index contributed by atoms with van der Waals surface area (Å²) in [5.41, 5.74) is -0.440. The van der Waals surface area contributed by atoms with Crippen LogP contribution in [0.2, 0.25) is 0 Å². The lowest BCUT2D eigenvalue weighted by Gasteiger charge is -2.04. The lowest BCUT2D eigenvalue weighted by molar-refractivity contribution is -0.166. The number of allylic oxidation sites excluding steroid dienone is 1. The predicted molar refractivity (Wildman–Crippen MR) is 36.4 cm³/mol. The SMILES string of the molecule is CCOC=C(C)C(=O)C(F)(F)F. The minimum Gasteiger partial charge on any atom is -0.501 e. The van der Waals surface area contributed by atoms with E-state index < -0.39 is 17.5 Å². The van der Waals surface area contributed by atoms with Crippen LogP contribution in [0.5, 0.6) is 0 Å². The molecule has 0 unspecified atom stereocenters. The molecule has 0 N–H and O–H groups in total. The van der Waals surface area contributed by atoms with Crippen molar-refractivity contribution in [2.24, 2.45) is 0 Å². The van der Waals surface area contributed by atoms with Crippen LogP contribution in [0.3, 0.4) is 0 Å². The normalized spacial score (nSPS) is 12.9. The fraction of sp³-hybridized carbons (Fsp3) is 0.571. The molecular weight excluding hydrogens is 173 g/mol. The van der Waals surface area contributed by atoms with Gasteiger partial charge in [0.05, 0.1) is 12.9 Å². The second-order valence-electron chi connectivity index (χ2n) is 2.08. The topological polar surface area (TPSA) is 26.3 Å². The molecule has 0 fully saturated rings. The van der Waals surface area contributed by atoms with Crippen LogP contribution in [0.1, 0.15) is 13.8 Å². The van der Waals surface area contributed by atoms with Crippen LogP contribution in [-0.4, -0.2) is 18.6 Å². The van der Waals surface area contributed by atoms with Gasteiger partial charge in [0.15, 0.2) is 0 Å². The van der Waals surface area contributed by atoms with Gasteiger partial charge in [-0.1, -0.05) is 0 Å². The van der Waals surface area contributed by atoms with Crippen molar-refractivity contribution < 1.29 is 22.7 Å². The van der Waals surface area contributed by atoms with Crippen LogP contribution in [-0.2, 0) is 9.53 Å². The average molecular weight is 182 g/mol. The second-order valence-corrected chi connectivity index (χ2v) is 2.08. The molecule has 5 heteroatoms. The number of alkyl halides is 3. The van der Waals surface area contributed by atoms with Gasteiger partial charge in [-0.25, -0.2) is 0 Å². The molecule has 0 saturated carbocycles. The lowest BCUT2D eigenvalue weighted by atomic mass is 10.2. The number of hydrogen-bond donors (Lipinski definition) is 0. The molecule has 0 aliphatic carbocycles. The molecule has 70 valence electrons. The first-order chi connectivity index (χ1) is 5.39. The number of carbonyl (C=O) groups is 1. The predicted octanol–water partition coefficient (Wildman–Crippen LogP) is 2.06. The molecule has 2 nitrogen and oxygen atoms in total. The van der Waals surface area contributed by atoms with Gasteiger partial charge in [0.25, 0.3) is 5.78 Å². The highest BCUT2D eigenvalue weighted by Gasteiger charge is 2.39. The summed E-state index contributed by atoms with van der Waals surface area (Å²) in [6, 6.07) is 0. The van der Waals surface area contributed by atoms with Crippen LogP contribution in [0.4, 0.5) is 13.2 Å². The van der Waals surface area contributed by atoms with E-state index in [0.29, 0.717) is 0 Å². The first-order valence-corrected chi connectivity index (χ1v) is 3.29. The molecule has 0 rings (SSSR count). The largest absolute Gasteiger partial charge is 0.501 e. The summed E-state index contributed by atoms with van der Waals surface area (Å²) in [5, 5.41) is 0. The first-order valence-electron chi connectivity index (χ1n) is 3.29. The lowest BCUT2D eigenvalue weighted by Crippen LogP contribution is -2.23. The van der Waals surface area contributed by atoms with E-state index in [1.54, 1.807) is 6.92 Å². The number of hydrogen-bond acceptors (Lipinski definition) is 2. The monoisotopic (exact) mass is 182 g/mol. The molecule has 0 aliphatic heterocycles. The summed E-state index contributed by atoms with van der Waals surface area (Å²) in [6.07, 6.45) is -3.99. The molecule has 0 aliphatic rings. The highest BCUT2D eigenvalue weighted by Crippen LogP contribution is 2.20. The molecule has 0 bridgehead atoms. The van der Waals surface area contributed by atoms with Crippen LogP contribution in [0.15, 0.2) is 11.8 Å². The van der Waals surface area contributed by atoms with E-state index in [1.807, 2.05) is 0 Å². The maximum atomic E-state index is 11.7. The Balaban J connectivity index is 4.30. The number of rotatable bonds is 3. The molecular formula is C7H9F3O2. The number of halogens is 3. The number of carbonyl (C=O) groups excluding carboxylic acids is 1. The molecule has 0 aromatic carbocycles. The van der Waals surface area contributed by atoms with Gasteiger partial charge in [-0.05, 0) is 13.8 Å². The Hall–Kier alpha value is -1.00. The second kappa shape index (κ2) is 4.13. The zero-order valence-electron chi connectivity index (χ0n) is 6.73. The minimum atomic E-state index is -4.81. The van der Waals surface area contributed by atoms with Crippen molar-refractivity contribution >= 4 is 5.78 Å². The Labute approximate surface area is 68.0 Å². The van der Waals surface area contributed by atoms with Gasteiger partial charge < -0.3 is 4.74 Å². The fourth-order valence-electron chi connectivity index (χ4n) is 0.485. The summed E-state index contributed by atoms with van der Waals surface area (Å²) in [5.74, 6) is -1.86. The smallest absolute Gasteiger partial charge is 0.454 e. The van der Waals surface area contributed by atoms with Crippen LogP contribution in [0.25, 0.3) is 0 Å². The van der Waals surface area contributed by atoms with Crippen molar-refractivity contribution in [2.45, 2.75) is 20.0 Å². The maximum absolute atomic E-state index is 11.7. The third kappa shape index (κ3) is 3.41. The number of ketones is 1. The van der Waals surface area contributed by atoms with Crippen molar-refractivity contribution in [3.05, 3.63) is 11.8 Å². The molecule has 12 heavy (non-hydrogen) atoms. The summed E-state index contributed by atoms with van der Waals surface area (Å²) >= 11 is 0. The van der Waals surface area contributed by atoms with Gasteiger partial charge in [0.1, 0.15) is 0 Å². The average Bonchev–Trinajstić information content (AvgIpc) is 1.97. The minimum absolute atomic E-state index is 0.239. The van der Waals surface area contributed by atoms with E-state index >= 15 is 0 Å². The van der Waals surface area contributed by atoms with Crippen molar-refractivity contribution in [3.63, 3.8) is 0 Å². The first kappa shape index (κ1) is 11.0. The van der Waals surface area contributed by atoms with Gasteiger partial charge >= 0.3 is 6.18 Å². The Morgan fingerprint density at radius 1 is 1.50 bits per heavy atom. The molecule has 0 aromatic rings. The van der Waals surface area contributed by atoms with E-state index in [9.17, 15) is 18.0 Å². The Bertz CT molecular complexity index is 193. The standard InChI is InChI=1S/C7H9F3O2/c1-3-12-4-5(2)6(11)7(8,9)10/h4H,3H2,1-2H3. The van der Waals surface area contributed by atoms with Crippen molar-refractivity contribution in [2.75, 3.05) is 6.61 Å². The van der Waals surface area contributed by atoms with Gasteiger partial charge in [0.2, 0.25) is 0 Å². The fourth-order valence-corrected chi connectivity index (χ4v) is 0.485. The zero-order valence-corrected chi connectivity index (χ0v) is 6.73. The molecule has 0 heterocycles. The summed E-state index contributed by atoms with van der Waals surface area (Å²) in [7, 11) is 0. The molecule has 0 radical (unpaired) electrons. The van der Waals surface area contributed by atoms with E-state index in [4.69, 9.17) is 0 Å². The van der Waals surface area contributed by atoms with Crippen molar-refractivity contribution in [1.82, 2.24) is 0 Å². The van der Waals surface area contributed by atoms with E-state index in [-0.39, 0.29) is 6.61 Å². The third-order valence-corrected chi connectivity index (χ3v) is 1.04. The Kier molecular flexibility index (Phi) is 3.79. The zero-order chi connectivity index (χ0) is 9.78. The summed E-state index contributed by atoms with van der Waals surface area (Å²) < 4.78 is 39.6. The summed E-state index contributed by atoms with van der Waals surface area (Å²) in [4.78, 5) is 10.4. The van der Waals surface area contributed by atoms with Crippen molar-refractivity contribution in [3.8, 4) is 0 Å². The highest BCUT2D eigenvalue weighted by atomic mass is 19.4. The van der Waals surface area contributed by atoms with Crippen molar-refractivity contribution in [1.29, 1.82) is 0 Å². The quantitative estimate of drug-likeness (QED) is 0.493. The summed E-state index contributed by atoms with van der Waals surface area (Å²) in [6.45, 7) is 2.91. The van der Waals surface area contributed by atoms with Gasteiger partial charge in [-0.2, -0.15) is 13.2 Å². The van der Waals surface area contributed by atoms with E-state index in [1.165, 1.54) is 0 Å². The Morgan fingerprint density at radius 2 is 2.00 bits per heavy atom. The highest BCUT2D eigenvalue weighted by molar-refractivity contribution is 5.98. The molecule has 0 amide bonds. The van der Waals surface area contributed by atoms with Crippen LogP contribution < -0.4 is 0 Å². The number of ether oxygens (including phenoxy) is 1. The van der Waals surface area contributed by atoms with Gasteiger partial charge in [0, 0.05) is 5.57 Å². The van der Waals surface area contributed by atoms with Crippen LogP contribution >= 0.6 is 0 Å². The molecule has 0 atom stereocenters. The molecule has 0 saturated heterocycles. The Morgan fingerprint density at radius 3 is 2.33 bits per heavy atom. The third-order valence-electron chi connectivity index (χ3n) is 1.04. The van der Waals surface area contributed by atoms with E-state index in [2.05, 4.69) is 4.74 Å². The van der Waals surface area contributed by atoms with E-state index in [0.717, 1.165) is 13.2 Å². The number of Topliss-reactive ketones (excluding diaryl/α,β-unsaturated/α-hetero) is 1. The maximum Gasteiger partial charge on any atom is 0.454 e. The van der Waals surface area contributed by atoms with Gasteiger partial charge in [-0.3, -0.25) is 4.79 Å². The van der Waals surface area contributed by atoms with Gasteiger partial charge in [-0.15, -0.1) is 0 Å². The van der Waals surface area contributed by atoms with Crippen LogP contribution in [0, 0.1) is 0 Å². The molecule has 0 aromatic heterocycles.